The normalized spacial score (nSPS) is 37.7. The van der Waals surface area contributed by atoms with Crippen molar-refractivity contribution in [1.29, 1.82) is 0 Å². The number of carbonyl (C=O) groups is 2. The zero-order valence-electron chi connectivity index (χ0n) is 11.1. The Labute approximate surface area is 107 Å². The van der Waals surface area contributed by atoms with Crippen molar-refractivity contribution in [3.8, 4) is 0 Å². The molecule has 5 nitrogen and oxygen atoms in total. The van der Waals surface area contributed by atoms with Crippen LogP contribution in [0.1, 0.15) is 27.2 Å². The molecule has 2 aliphatic rings. The molecule has 0 aromatic heterocycles. The molecule has 1 heterocycles. The molecule has 2 N–H and O–H groups in total. The molecule has 0 spiro atoms. The van der Waals surface area contributed by atoms with Gasteiger partial charge in [0.25, 0.3) is 0 Å². The number of amides is 1. The van der Waals surface area contributed by atoms with Gasteiger partial charge in [-0.3, -0.25) is 9.59 Å². The molecule has 18 heavy (non-hydrogen) atoms. The van der Waals surface area contributed by atoms with Gasteiger partial charge in [0.1, 0.15) is 0 Å². The van der Waals surface area contributed by atoms with Crippen LogP contribution < -0.4 is 0 Å². The quantitative estimate of drug-likeness (QED) is 0.773. The average molecular weight is 255 g/mol. The molecule has 1 saturated heterocycles. The number of carboxylic acids is 1. The first-order chi connectivity index (χ1) is 8.32. The molecule has 4 unspecified atom stereocenters. The van der Waals surface area contributed by atoms with E-state index in [-0.39, 0.29) is 24.5 Å². The van der Waals surface area contributed by atoms with Crippen molar-refractivity contribution >= 4 is 11.9 Å². The van der Waals surface area contributed by atoms with Gasteiger partial charge in [-0.15, -0.1) is 0 Å². The molecule has 1 amide bonds. The number of rotatable bonds is 3. The molecule has 0 bridgehead atoms. The van der Waals surface area contributed by atoms with Crippen LogP contribution in [0.2, 0.25) is 0 Å². The molecule has 5 heteroatoms. The van der Waals surface area contributed by atoms with E-state index in [0.29, 0.717) is 6.54 Å². The van der Waals surface area contributed by atoms with Crippen LogP contribution in [0.25, 0.3) is 0 Å². The molecule has 0 radical (unpaired) electrons. The van der Waals surface area contributed by atoms with E-state index in [1.54, 1.807) is 4.90 Å². The minimum atomic E-state index is -0.897. The molecule has 1 aliphatic heterocycles. The summed E-state index contributed by atoms with van der Waals surface area (Å²) in [6.45, 7) is 6.24. The fourth-order valence-electron chi connectivity index (χ4n) is 3.30. The first-order valence-corrected chi connectivity index (χ1v) is 6.46. The Morgan fingerprint density at radius 3 is 2.39 bits per heavy atom. The third-order valence-corrected chi connectivity index (χ3v) is 4.71. The lowest BCUT2D eigenvalue weighted by Gasteiger charge is -2.25. The Bertz CT molecular complexity index is 379. The second kappa shape index (κ2) is 4.23. The smallest absolute Gasteiger partial charge is 0.307 e. The largest absolute Gasteiger partial charge is 0.481 e. The topological polar surface area (TPSA) is 77.8 Å². The molecule has 4 atom stereocenters. The van der Waals surface area contributed by atoms with Crippen molar-refractivity contribution in [2.75, 3.05) is 13.2 Å². The summed E-state index contributed by atoms with van der Waals surface area (Å²) >= 11 is 0. The van der Waals surface area contributed by atoms with Gasteiger partial charge in [-0.05, 0) is 17.8 Å². The predicted molar refractivity (Wildman–Crippen MR) is 64.8 cm³/mol. The average Bonchev–Trinajstić information content (AvgIpc) is 2.66. The summed E-state index contributed by atoms with van der Waals surface area (Å²) in [5.74, 6) is -1.74. The Hall–Kier alpha value is -1.10. The summed E-state index contributed by atoms with van der Waals surface area (Å²) in [6, 6.07) is -0.150. The van der Waals surface area contributed by atoms with E-state index in [0.717, 1.165) is 6.42 Å². The number of carboxylic acid groups (broad SMARTS) is 1. The van der Waals surface area contributed by atoms with E-state index in [4.69, 9.17) is 5.11 Å². The molecule has 1 saturated carbocycles. The van der Waals surface area contributed by atoms with Crippen molar-refractivity contribution in [3.63, 3.8) is 0 Å². The predicted octanol–water partition coefficient (Wildman–Crippen LogP) is 0.572. The number of aliphatic hydroxyl groups is 1. The van der Waals surface area contributed by atoms with Gasteiger partial charge < -0.3 is 15.1 Å². The number of hydrogen-bond donors (Lipinski definition) is 2. The van der Waals surface area contributed by atoms with Gasteiger partial charge in [0.05, 0.1) is 24.5 Å². The maximum atomic E-state index is 12.4. The highest BCUT2D eigenvalue weighted by atomic mass is 16.4. The van der Waals surface area contributed by atoms with E-state index < -0.39 is 23.2 Å². The summed E-state index contributed by atoms with van der Waals surface area (Å²) in [7, 11) is 0. The van der Waals surface area contributed by atoms with E-state index in [9.17, 15) is 14.7 Å². The van der Waals surface area contributed by atoms with Gasteiger partial charge in [-0.1, -0.05) is 20.8 Å². The molecule has 2 fully saturated rings. The Balaban J connectivity index is 2.12. The first-order valence-electron chi connectivity index (χ1n) is 6.46. The molecule has 2 rings (SSSR count). The number of likely N-dealkylation sites (tertiary alicyclic amines) is 1. The number of nitrogens with zero attached hydrogens (tertiary/aromatic N) is 1. The summed E-state index contributed by atoms with van der Waals surface area (Å²) in [5.41, 5.74) is -0.464. The highest BCUT2D eigenvalue weighted by Gasteiger charge is 2.67. The highest BCUT2D eigenvalue weighted by Crippen LogP contribution is 2.59. The van der Waals surface area contributed by atoms with Crippen LogP contribution in [0.4, 0.5) is 0 Å². The summed E-state index contributed by atoms with van der Waals surface area (Å²) in [5, 5.41) is 18.5. The second-order valence-corrected chi connectivity index (χ2v) is 6.16. The number of aliphatic hydroxyl groups excluding tert-OH is 1. The van der Waals surface area contributed by atoms with E-state index in [2.05, 4.69) is 0 Å². The monoisotopic (exact) mass is 255 g/mol. The molecular weight excluding hydrogens is 234 g/mol. The molecule has 1 aliphatic carbocycles. The van der Waals surface area contributed by atoms with Crippen molar-refractivity contribution in [3.05, 3.63) is 0 Å². The van der Waals surface area contributed by atoms with E-state index in [1.807, 2.05) is 20.8 Å². The number of carbonyl (C=O) groups excluding carboxylic acids is 1. The van der Waals surface area contributed by atoms with Crippen LogP contribution in [-0.2, 0) is 9.59 Å². The zero-order chi connectivity index (χ0) is 13.7. The van der Waals surface area contributed by atoms with Crippen LogP contribution in [0, 0.1) is 23.2 Å². The van der Waals surface area contributed by atoms with Crippen LogP contribution in [0.15, 0.2) is 0 Å². The van der Waals surface area contributed by atoms with Gasteiger partial charge >= 0.3 is 5.97 Å². The molecule has 0 aromatic rings. The lowest BCUT2D eigenvalue weighted by molar-refractivity contribution is -0.142. The fourth-order valence-corrected chi connectivity index (χ4v) is 3.30. The molecule has 102 valence electrons. The standard InChI is InChI=1S/C13H21NO4/c1-7-4-5-14(8(7)6-15)11(16)9-10(12(17)18)13(9,2)3/h7-10,15H,4-6H2,1-3H3,(H,17,18). The van der Waals surface area contributed by atoms with Crippen molar-refractivity contribution in [2.24, 2.45) is 23.2 Å². The lowest BCUT2D eigenvalue weighted by atomic mass is 10.0. The fraction of sp³-hybridized carbons (Fsp3) is 0.846. The van der Waals surface area contributed by atoms with E-state index in [1.165, 1.54) is 0 Å². The van der Waals surface area contributed by atoms with Gasteiger partial charge in [0.2, 0.25) is 5.91 Å². The highest BCUT2D eigenvalue weighted by molar-refractivity contribution is 5.92. The number of hydrogen-bond acceptors (Lipinski definition) is 3. The summed E-state index contributed by atoms with van der Waals surface area (Å²) in [6.07, 6.45) is 0.877. The zero-order valence-corrected chi connectivity index (χ0v) is 11.1. The third kappa shape index (κ3) is 1.81. The Morgan fingerprint density at radius 1 is 1.33 bits per heavy atom. The minimum Gasteiger partial charge on any atom is -0.481 e. The van der Waals surface area contributed by atoms with Crippen LogP contribution in [-0.4, -0.2) is 46.2 Å². The maximum absolute atomic E-state index is 12.4. The van der Waals surface area contributed by atoms with Gasteiger partial charge in [0.15, 0.2) is 0 Å². The van der Waals surface area contributed by atoms with Gasteiger partial charge in [0, 0.05) is 6.54 Å². The molecule has 0 aromatic carbocycles. The second-order valence-electron chi connectivity index (χ2n) is 6.16. The summed E-state index contributed by atoms with van der Waals surface area (Å²) in [4.78, 5) is 25.2. The van der Waals surface area contributed by atoms with Crippen molar-refractivity contribution in [1.82, 2.24) is 4.90 Å². The van der Waals surface area contributed by atoms with Gasteiger partial charge in [-0.2, -0.15) is 0 Å². The van der Waals surface area contributed by atoms with Crippen molar-refractivity contribution < 1.29 is 19.8 Å². The minimum absolute atomic E-state index is 0.0439. The van der Waals surface area contributed by atoms with Crippen LogP contribution in [0.5, 0.6) is 0 Å². The van der Waals surface area contributed by atoms with Crippen LogP contribution in [0.3, 0.4) is 0 Å². The lowest BCUT2D eigenvalue weighted by Crippen LogP contribution is -2.41. The van der Waals surface area contributed by atoms with Crippen LogP contribution >= 0.6 is 0 Å². The molecular formula is C13H21NO4. The number of aliphatic carboxylic acids is 1. The van der Waals surface area contributed by atoms with Crippen molar-refractivity contribution in [2.45, 2.75) is 33.2 Å². The van der Waals surface area contributed by atoms with Gasteiger partial charge in [-0.25, -0.2) is 0 Å². The summed E-state index contributed by atoms with van der Waals surface area (Å²) < 4.78 is 0. The SMILES string of the molecule is CC1CCN(C(=O)C2C(C(=O)O)C2(C)C)C1CO. The third-order valence-electron chi connectivity index (χ3n) is 4.71. The van der Waals surface area contributed by atoms with E-state index >= 15 is 0 Å². The first kappa shape index (κ1) is 13.3. The Morgan fingerprint density at radius 2 is 1.94 bits per heavy atom. The maximum Gasteiger partial charge on any atom is 0.307 e. The Kier molecular flexibility index (Phi) is 3.13.